The lowest BCUT2D eigenvalue weighted by Gasteiger charge is -2.39. The second-order valence-corrected chi connectivity index (χ2v) is 30.3. The highest BCUT2D eigenvalue weighted by molar-refractivity contribution is 7.16. The Kier molecular flexibility index (Phi) is 34.2. The van der Waals surface area contributed by atoms with Gasteiger partial charge in [0.1, 0.15) is 48.6 Å². The molecule has 1 aromatic heterocycles. The van der Waals surface area contributed by atoms with Gasteiger partial charge in [0, 0.05) is 130 Å². The van der Waals surface area contributed by atoms with Crippen LogP contribution in [0.2, 0.25) is 0 Å². The summed E-state index contributed by atoms with van der Waals surface area (Å²) >= 11 is 14.3. The molecule has 5 aromatic carbocycles. The van der Waals surface area contributed by atoms with Gasteiger partial charge in [-0.3, -0.25) is 33.7 Å². The fraction of sp³-hybridized carbons (Fsp3) is 0.494. The molecule has 0 spiro atoms. The van der Waals surface area contributed by atoms with Crippen LogP contribution in [-0.4, -0.2) is 289 Å². The number of urea groups is 1. The quantitative estimate of drug-likeness (QED) is 0.0124. The van der Waals surface area contributed by atoms with Gasteiger partial charge >= 0.3 is 18.2 Å². The molecule has 9 unspecified atom stereocenters. The van der Waals surface area contributed by atoms with Crippen LogP contribution in [0.15, 0.2) is 109 Å². The molecule has 4 aliphatic rings. The third-order valence-electron chi connectivity index (χ3n) is 20.0. The van der Waals surface area contributed by atoms with Crippen LogP contribution in [0.3, 0.4) is 0 Å². The summed E-state index contributed by atoms with van der Waals surface area (Å²) in [5, 5.41) is 56.2. The van der Waals surface area contributed by atoms with Crippen LogP contribution in [0, 0.1) is 5.92 Å². The number of amides is 10. The van der Waals surface area contributed by atoms with Gasteiger partial charge in [0.2, 0.25) is 18.1 Å². The van der Waals surface area contributed by atoms with Crippen molar-refractivity contribution in [2.45, 2.75) is 94.3 Å². The van der Waals surface area contributed by atoms with E-state index in [9.17, 15) is 63.6 Å². The molecular weight excluding hydrogens is 1580 g/mol. The van der Waals surface area contributed by atoms with E-state index in [2.05, 4.69) is 21.3 Å². The number of imide groups is 1. The maximum absolute atomic E-state index is 14.9. The number of likely N-dealkylation sites (N-methyl/N-ethyl adjacent to an activating group) is 2. The molecule has 0 saturated carbocycles. The number of carbonyl (C=O) groups is 9. The Labute approximate surface area is 690 Å². The van der Waals surface area contributed by atoms with E-state index in [0.29, 0.717) is 110 Å². The average Bonchev–Trinajstić information content (AvgIpc) is 1.62. The predicted octanol–water partition coefficient (Wildman–Crippen LogP) is 5.80. The van der Waals surface area contributed by atoms with E-state index in [1.807, 2.05) is 38.1 Å². The van der Waals surface area contributed by atoms with E-state index in [1.165, 1.54) is 36.0 Å². The molecule has 9 atom stereocenters. The number of nitrogens with two attached hydrogens (primary N) is 1. The van der Waals surface area contributed by atoms with Crippen molar-refractivity contribution in [1.82, 2.24) is 30.7 Å². The summed E-state index contributed by atoms with van der Waals surface area (Å²) in [5.41, 5.74) is 9.14. The number of anilines is 3. The largest absolute Gasteiger partial charge is 0.461 e. The summed E-state index contributed by atoms with van der Waals surface area (Å²) in [6, 6.07) is 26.1. The average molecular weight is 1690 g/mol. The molecule has 10 N–H and O–H groups in total. The molecule has 0 bridgehead atoms. The van der Waals surface area contributed by atoms with E-state index in [4.69, 9.17) is 76.3 Å². The van der Waals surface area contributed by atoms with E-state index in [0.717, 1.165) is 27.4 Å². The van der Waals surface area contributed by atoms with Crippen LogP contribution in [0.5, 0.6) is 11.5 Å². The molecule has 10 amide bonds. The number of alkyl halides is 2. The molecule has 117 heavy (non-hydrogen) atoms. The van der Waals surface area contributed by atoms with Crippen LogP contribution in [0.25, 0.3) is 21.5 Å². The van der Waals surface area contributed by atoms with Crippen LogP contribution in [0.4, 0.5) is 31.4 Å². The van der Waals surface area contributed by atoms with Gasteiger partial charge in [-0.05, 0) is 70.5 Å². The highest BCUT2D eigenvalue weighted by atomic mass is 35.5. The van der Waals surface area contributed by atoms with E-state index in [1.54, 1.807) is 82.6 Å². The number of halogens is 2. The lowest BCUT2D eigenvalue weighted by atomic mass is 9.95. The van der Waals surface area contributed by atoms with Crippen molar-refractivity contribution < 1.29 is 111 Å². The number of nitrogens with zero attached hydrogens (tertiary/aromatic N) is 5. The van der Waals surface area contributed by atoms with Gasteiger partial charge in [-0.25, -0.2) is 14.4 Å². The van der Waals surface area contributed by atoms with Crippen molar-refractivity contribution in [3.05, 3.63) is 136 Å². The summed E-state index contributed by atoms with van der Waals surface area (Å²) in [6.45, 7) is 7.74. The number of aliphatic hydroxyl groups is 4. The summed E-state index contributed by atoms with van der Waals surface area (Å²) in [7, 11) is 3.06. The number of carbonyl (C=O) groups excluding carboxylic acids is 9. The number of hydrogen-bond acceptors (Lipinski definition) is 25. The van der Waals surface area contributed by atoms with Crippen LogP contribution >= 0.6 is 34.5 Å². The van der Waals surface area contributed by atoms with Gasteiger partial charge in [0.15, 0.2) is 0 Å². The molecule has 4 aliphatic heterocycles. The molecule has 10 rings (SSSR count). The third-order valence-corrected chi connectivity index (χ3v) is 21.8. The first kappa shape index (κ1) is 90.0. The van der Waals surface area contributed by atoms with Crippen LogP contribution < -0.4 is 46.3 Å². The van der Waals surface area contributed by atoms with Crippen molar-refractivity contribution in [3.8, 4) is 11.5 Å². The highest BCUT2D eigenvalue weighted by Crippen LogP contribution is 2.49. The molecule has 36 heteroatoms. The lowest BCUT2D eigenvalue weighted by Crippen LogP contribution is -2.60. The molecule has 1 saturated heterocycles. The molecule has 1 fully saturated rings. The fourth-order valence-electron chi connectivity index (χ4n) is 13.7. The lowest BCUT2D eigenvalue weighted by molar-refractivity contribution is -0.277. The molecule has 0 aliphatic carbocycles. The maximum Gasteiger partial charge on any atom is 0.415 e. The van der Waals surface area contributed by atoms with Crippen molar-refractivity contribution in [3.63, 3.8) is 0 Å². The number of rotatable bonds is 45. The van der Waals surface area contributed by atoms with Gasteiger partial charge < -0.3 is 114 Å². The Morgan fingerprint density at radius 2 is 1.14 bits per heavy atom. The van der Waals surface area contributed by atoms with Gasteiger partial charge in [-0.2, -0.15) is 0 Å². The SMILES string of the molecule is CC(C)C(NC(=O)CCOCCOCCOCCOCCOCCOCCN1C(=O)C=CC1=O)C(=O)NC(CCCNC(N)=O)CNc1ccc(COC(=O)N(C)CCN(C)C(=O)Oc2cc3c(c4ccccc24)C(CCl)CN3C(=O)c2ccc(C(=O)N3CC(CCl)c4c3cc(OC3OC(CO)C(O)C(O)C3O)c3ccccc43)s2)cc1. The topological polar surface area (TPSA) is 417 Å². The Balaban J connectivity index is 0.645. The summed E-state index contributed by atoms with van der Waals surface area (Å²) < 4.78 is 56.7. The first-order chi connectivity index (χ1) is 56.5. The molecule has 634 valence electrons. The van der Waals surface area contributed by atoms with Crippen molar-refractivity contribution in [2.24, 2.45) is 11.7 Å². The summed E-state index contributed by atoms with van der Waals surface area (Å²) in [5.74, 6) is -2.57. The minimum Gasteiger partial charge on any atom is -0.461 e. The summed E-state index contributed by atoms with van der Waals surface area (Å²) in [4.78, 5) is 126. The number of ether oxygens (including phenoxy) is 10. The van der Waals surface area contributed by atoms with Crippen molar-refractivity contribution in [2.75, 3.05) is 173 Å². The zero-order valence-corrected chi connectivity index (χ0v) is 67.9. The van der Waals surface area contributed by atoms with Crippen molar-refractivity contribution >= 4 is 127 Å². The predicted molar refractivity (Wildman–Crippen MR) is 434 cm³/mol. The van der Waals surface area contributed by atoms with Gasteiger partial charge in [-0.1, -0.05) is 74.5 Å². The monoisotopic (exact) mass is 1680 g/mol. The molecule has 6 aromatic rings. The standard InChI is InChI=1S/C81H102Cl2N10O23S/c1-49(2)71(88-66(95)23-28-107-30-32-109-34-36-111-38-39-112-37-35-110-33-31-108-29-27-91-67(96)21-22-68(91)97)75(101)87-54(10-9-24-85-79(84)104)44-86-53-17-15-50(16-18-53)48-113-80(105)89(3)25-26-90(4)81(106)116-62-41-60-70(58-14-8-6-12-56(58)62)52(43-83)46-93(60)77(103)65-20-19-64(117-65)76(102)92-45-51(42-82)69-57-13-7-5-11-55(57)61(40-59(69)92)114-78-74(100)73(99)72(98)63(47-94)115-78/h5-8,11-22,40-41,49,51-52,54,63,71-74,78,86,94,98-100H,9-10,23-39,42-48H2,1-4H3,(H,87,101)(H,88,95)(H3,84,85,104). The normalized spacial score (nSPS) is 18.7. The van der Waals surface area contributed by atoms with Crippen molar-refractivity contribution in [1.29, 1.82) is 0 Å². The second kappa shape index (κ2) is 44.4. The number of nitrogens with one attached hydrogen (secondary N) is 4. The van der Waals surface area contributed by atoms with Gasteiger partial charge in [0.05, 0.1) is 114 Å². The Morgan fingerprint density at radius 1 is 0.632 bits per heavy atom. The Bertz CT molecular complexity index is 4410. The minimum atomic E-state index is -1.70. The number of aliphatic hydroxyl groups excluding tert-OH is 4. The Hall–Kier alpha value is -9.37. The first-order valence-electron chi connectivity index (χ1n) is 38.7. The zero-order chi connectivity index (χ0) is 83.7. The number of benzene rings is 5. The second-order valence-electron chi connectivity index (χ2n) is 28.6. The number of hydrogen-bond donors (Lipinski definition) is 9. The number of fused-ring (bicyclic) bond motifs is 6. The fourth-order valence-corrected chi connectivity index (χ4v) is 15.1. The Morgan fingerprint density at radius 3 is 1.66 bits per heavy atom. The molecule has 33 nitrogen and oxygen atoms in total. The molecule has 0 radical (unpaired) electrons. The maximum atomic E-state index is 14.9. The molecule has 5 heterocycles. The van der Waals surface area contributed by atoms with E-state index >= 15 is 0 Å². The van der Waals surface area contributed by atoms with Gasteiger partial charge in [0.25, 0.3) is 23.6 Å². The van der Waals surface area contributed by atoms with Crippen LogP contribution in [0.1, 0.15) is 81.0 Å². The highest BCUT2D eigenvalue weighted by Gasteiger charge is 2.46. The number of thiophene rings is 1. The van der Waals surface area contributed by atoms with E-state index in [-0.39, 0.29) is 154 Å². The molecular formula is C81H102Cl2N10O23S. The number of primary amides is 1. The minimum absolute atomic E-state index is 0.00659. The summed E-state index contributed by atoms with van der Waals surface area (Å²) in [6.07, 6.45) is -5.76. The van der Waals surface area contributed by atoms with E-state index < -0.39 is 85.3 Å². The first-order valence-corrected chi connectivity index (χ1v) is 40.6. The third kappa shape index (κ3) is 24.2. The van der Waals surface area contributed by atoms with Crippen LogP contribution in [-0.2, 0) is 63.7 Å². The smallest absolute Gasteiger partial charge is 0.415 e. The van der Waals surface area contributed by atoms with Gasteiger partial charge in [-0.15, -0.1) is 34.5 Å². The zero-order valence-electron chi connectivity index (χ0n) is 65.6.